The fraction of sp³-hybridized carbons (Fsp3) is 0.846. The fourth-order valence-corrected chi connectivity index (χ4v) is 4.67. The predicted octanol–water partition coefficient (Wildman–Crippen LogP) is 3.26. The molecule has 4 rings (SSSR count). The third-order valence-corrected chi connectivity index (χ3v) is 5.16. The molecule has 0 radical (unpaired) electrons. The molecule has 1 saturated heterocycles. The molecule has 0 aromatic carbocycles. The van der Waals surface area contributed by atoms with Gasteiger partial charge in [0.1, 0.15) is 0 Å². The smallest absolute Gasteiger partial charge is 0.0294 e. The van der Waals surface area contributed by atoms with E-state index in [0.717, 1.165) is 34.7 Å². The van der Waals surface area contributed by atoms with Crippen LogP contribution in [0.4, 0.5) is 0 Å². The lowest BCUT2D eigenvalue weighted by Crippen LogP contribution is -2.38. The third-order valence-electron chi connectivity index (χ3n) is 4.91. The van der Waals surface area contributed by atoms with Crippen molar-refractivity contribution >= 4 is 15.9 Å². The van der Waals surface area contributed by atoms with Gasteiger partial charge in [0.2, 0.25) is 0 Å². The van der Waals surface area contributed by atoms with Crippen LogP contribution in [0.15, 0.2) is 11.1 Å². The largest absolute Gasteiger partial charge is 0.298 e. The van der Waals surface area contributed by atoms with Crippen molar-refractivity contribution in [2.24, 2.45) is 23.7 Å². The van der Waals surface area contributed by atoms with Gasteiger partial charge in [-0.3, -0.25) is 4.90 Å². The summed E-state index contributed by atoms with van der Waals surface area (Å²) in [5, 5.41) is 0. The first-order chi connectivity index (χ1) is 7.24. The van der Waals surface area contributed by atoms with E-state index < -0.39 is 0 Å². The van der Waals surface area contributed by atoms with Crippen LogP contribution < -0.4 is 0 Å². The Bertz CT molecular complexity index is 248. The highest BCUT2D eigenvalue weighted by molar-refractivity contribution is 9.11. The Morgan fingerprint density at radius 2 is 1.53 bits per heavy atom. The van der Waals surface area contributed by atoms with Gasteiger partial charge in [-0.2, -0.15) is 0 Å². The van der Waals surface area contributed by atoms with Crippen LogP contribution in [0.3, 0.4) is 0 Å². The van der Waals surface area contributed by atoms with Gasteiger partial charge in [-0.15, -0.1) is 0 Å². The molecule has 2 heteroatoms. The average Bonchev–Trinajstić information content (AvgIpc) is 2.63. The first-order valence-corrected chi connectivity index (χ1v) is 7.09. The predicted molar refractivity (Wildman–Crippen MR) is 66.9 cm³/mol. The molecule has 2 atom stereocenters. The molecule has 0 N–H and O–H groups in total. The molecule has 0 aromatic heterocycles. The molecule has 2 bridgehead atoms. The van der Waals surface area contributed by atoms with Gasteiger partial charge in [0.25, 0.3) is 0 Å². The number of halogens is 1. The quantitative estimate of drug-likeness (QED) is 0.744. The van der Waals surface area contributed by atoms with Crippen LogP contribution >= 0.6 is 15.9 Å². The zero-order valence-corrected chi connectivity index (χ0v) is 10.9. The van der Waals surface area contributed by atoms with Gasteiger partial charge >= 0.3 is 0 Å². The van der Waals surface area contributed by atoms with Crippen molar-refractivity contribution in [3.8, 4) is 0 Å². The van der Waals surface area contributed by atoms with Crippen molar-refractivity contribution < 1.29 is 0 Å². The summed E-state index contributed by atoms with van der Waals surface area (Å²) in [6, 6.07) is 0. The molecule has 84 valence electrons. The molecule has 0 aromatic rings. The summed E-state index contributed by atoms with van der Waals surface area (Å²) in [6.07, 6.45) is 6.09. The topological polar surface area (TPSA) is 3.24 Å². The maximum Gasteiger partial charge on any atom is 0.0294 e. The van der Waals surface area contributed by atoms with E-state index in [2.05, 4.69) is 27.4 Å². The van der Waals surface area contributed by atoms with Crippen LogP contribution in [-0.4, -0.2) is 24.5 Å². The summed E-state index contributed by atoms with van der Waals surface area (Å²) in [5.74, 6) is 4.19. The minimum absolute atomic E-state index is 1.03. The van der Waals surface area contributed by atoms with Crippen LogP contribution in [0.5, 0.6) is 0 Å². The van der Waals surface area contributed by atoms with Crippen LogP contribution in [0.1, 0.15) is 25.7 Å². The summed E-state index contributed by atoms with van der Waals surface area (Å²) in [5.41, 5.74) is 0. The first-order valence-electron chi connectivity index (χ1n) is 6.29. The second-order valence-electron chi connectivity index (χ2n) is 5.71. The molecule has 1 nitrogen and oxygen atoms in total. The normalized spacial score (nSPS) is 44.3. The molecule has 1 heterocycles. The van der Waals surface area contributed by atoms with Crippen LogP contribution in [0, 0.1) is 23.7 Å². The standard InChI is InChI=1S/C13H20BrN/c1-9(14)6-15-7-12-10-2-3-11(5-4-10)13(12)8-15/h10-13H,1-8H2/t10?,11?,12-,13+. The Morgan fingerprint density at radius 1 is 1.07 bits per heavy atom. The van der Waals surface area contributed by atoms with Gasteiger partial charge in [-0.05, 0) is 49.4 Å². The van der Waals surface area contributed by atoms with Gasteiger partial charge in [-0.1, -0.05) is 22.5 Å². The van der Waals surface area contributed by atoms with E-state index in [4.69, 9.17) is 0 Å². The third kappa shape index (κ3) is 1.80. The van der Waals surface area contributed by atoms with Crippen molar-refractivity contribution in [3.05, 3.63) is 11.1 Å². The number of hydrogen-bond acceptors (Lipinski definition) is 1. The van der Waals surface area contributed by atoms with E-state index in [0.29, 0.717) is 0 Å². The van der Waals surface area contributed by atoms with Gasteiger partial charge in [0.15, 0.2) is 0 Å². The number of fused-ring (bicyclic) bond motifs is 2. The zero-order chi connectivity index (χ0) is 10.4. The lowest BCUT2D eigenvalue weighted by atomic mass is 9.60. The lowest BCUT2D eigenvalue weighted by molar-refractivity contribution is 0.0577. The molecule has 4 aliphatic rings. The number of hydrogen-bond donors (Lipinski definition) is 0. The highest BCUT2D eigenvalue weighted by Crippen LogP contribution is 2.51. The zero-order valence-electron chi connectivity index (χ0n) is 9.29. The second-order valence-corrected chi connectivity index (χ2v) is 6.84. The minimum Gasteiger partial charge on any atom is -0.298 e. The maximum atomic E-state index is 3.96. The van der Waals surface area contributed by atoms with E-state index in [1.54, 1.807) is 0 Å². The Labute approximate surface area is 101 Å². The number of rotatable bonds is 2. The second kappa shape index (κ2) is 3.89. The molecule has 1 aliphatic heterocycles. The van der Waals surface area contributed by atoms with Crippen LogP contribution in [0.2, 0.25) is 0 Å². The number of likely N-dealkylation sites (tertiary alicyclic amines) is 1. The summed E-state index contributed by atoms with van der Waals surface area (Å²) < 4.78 is 1.15. The van der Waals surface area contributed by atoms with Gasteiger partial charge in [0.05, 0.1) is 0 Å². The molecule has 15 heavy (non-hydrogen) atoms. The first kappa shape index (κ1) is 10.3. The van der Waals surface area contributed by atoms with E-state index in [1.165, 1.54) is 38.8 Å². The van der Waals surface area contributed by atoms with Crippen molar-refractivity contribution in [1.82, 2.24) is 4.90 Å². The van der Waals surface area contributed by atoms with E-state index in [-0.39, 0.29) is 0 Å². The van der Waals surface area contributed by atoms with Crippen molar-refractivity contribution in [3.63, 3.8) is 0 Å². The Kier molecular flexibility index (Phi) is 2.68. The van der Waals surface area contributed by atoms with Crippen molar-refractivity contribution in [2.75, 3.05) is 19.6 Å². The summed E-state index contributed by atoms with van der Waals surface area (Å²) in [6.45, 7) is 7.71. The summed E-state index contributed by atoms with van der Waals surface area (Å²) >= 11 is 3.49. The van der Waals surface area contributed by atoms with E-state index in [9.17, 15) is 0 Å². The van der Waals surface area contributed by atoms with Gasteiger partial charge in [0, 0.05) is 24.1 Å². The SMILES string of the molecule is C=C(Br)CN1C[C@@H]2C3CCC(CC3)[C@@H]2C1. The lowest BCUT2D eigenvalue weighted by Gasteiger charge is -2.45. The minimum atomic E-state index is 1.03. The van der Waals surface area contributed by atoms with Gasteiger partial charge in [-0.25, -0.2) is 0 Å². The molecular weight excluding hydrogens is 250 g/mol. The maximum absolute atomic E-state index is 3.96. The Morgan fingerprint density at radius 3 is 1.93 bits per heavy atom. The molecule has 0 amide bonds. The summed E-state index contributed by atoms with van der Waals surface area (Å²) in [7, 11) is 0. The van der Waals surface area contributed by atoms with Crippen LogP contribution in [0.25, 0.3) is 0 Å². The molecule has 4 fully saturated rings. The molecule has 0 spiro atoms. The highest BCUT2D eigenvalue weighted by Gasteiger charge is 2.47. The fourth-order valence-electron chi connectivity index (χ4n) is 4.31. The Hall–Kier alpha value is 0.180. The highest BCUT2D eigenvalue weighted by atomic mass is 79.9. The average molecular weight is 270 g/mol. The van der Waals surface area contributed by atoms with Crippen molar-refractivity contribution in [1.29, 1.82) is 0 Å². The number of nitrogens with zero attached hydrogens (tertiary/aromatic N) is 1. The van der Waals surface area contributed by atoms with Crippen LogP contribution in [-0.2, 0) is 0 Å². The molecule has 3 saturated carbocycles. The molecule has 0 unspecified atom stereocenters. The monoisotopic (exact) mass is 269 g/mol. The van der Waals surface area contributed by atoms with Crippen molar-refractivity contribution in [2.45, 2.75) is 25.7 Å². The molecule has 3 aliphatic carbocycles. The Balaban J connectivity index is 1.70. The van der Waals surface area contributed by atoms with E-state index in [1.807, 2.05) is 0 Å². The molecular formula is C13H20BrN. The van der Waals surface area contributed by atoms with E-state index >= 15 is 0 Å². The van der Waals surface area contributed by atoms with Gasteiger partial charge < -0.3 is 0 Å². The summed E-state index contributed by atoms with van der Waals surface area (Å²) in [4.78, 5) is 2.61.